The van der Waals surface area contributed by atoms with Crippen LogP contribution in [0.1, 0.15) is 36.5 Å². The van der Waals surface area contributed by atoms with Gasteiger partial charge in [0.2, 0.25) is 0 Å². The zero-order chi connectivity index (χ0) is 20.7. The minimum absolute atomic E-state index is 0.229. The molecule has 0 saturated heterocycles. The fourth-order valence-electron chi connectivity index (χ4n) is 3.83. The zero-order valence-corrected chi connectivity index (χ0v) is 17.9. The molecular weight excluding hydrogens is 430 g/mol. The lowest BCUT2D eigenvalue weighted by molar-refractivity contribution is -0.124. The third kappa shape index (κ3) is 3.32. The van der Waals surface area contributed by atoms with Crippen LogP contribution in [0.5, 0.6) is 0 Å². The van der Waals surface area contributed by atoms with Crippen molar-refractivity contribution in [2.45, 2.75) is 32.9 Å². The fraction of sp³-hybridized carbons (Fsp3) is 0.217. The molecule has 1 atom stereocenters. The summed E-state index contributed by atoms with van der Waals surface area (Å²) in [6.45, 7) is 4.03. The first-order valence-electron chi connectivity index (χ1n) is 9.64. The van der Waals surface area contributed by atoms with Crippen molar-refractivity contribution in [3.8, 4) is 0 Å². The molecule has 4 rings (SSSR count). The lowest BCUT2D eigenvalue weighted by Gasteiger charge is -2.28. The second kappa shape index (κ2) is 7.61. The molecule has 0 radical (unpaired) electrons. The van der Waals surface area contributed by atoms with Crippen LogP contribution in [0.4, 0.5) is 0 Å². The Balaban J connectivity index is 1.94. The Morgan fingerprint density at radius 1 is 1.00 bits per heavy atom. The number of nitrogens with two attached hydrogens (primary N) is 1. The van der Waals surface area contributed by atoms with Crippen LogP contribution >= 0.6 is 15.9 Å². The Labute approximate surface area is 178 Å². The van der Waals surface area contributed by atoms with Crippen LogP contribution < -0.4 is 11.1 Å². The van der Waals surface area contributed by atoms with Crippen molar-refractivity contribution in [1.82, 2.24) is 10.2 Å². The normalized spacial score (nSPS) is 17.2. The van der Waals surface area contributed by atoms with Gasteiger partial charge in [-0.05, 0) is 36.6 Å². The quantitative estimate of drug-likeness (QED) is 0.722. The van der Waals surface area contributed by atoms with E-state index < -0.39 is 6.17 Å². The van der Waals surface area contributed by atoms with Crippen LogP contribution in [0.25, 0.3) is 11.4 Å². The predicted molar refractivity (Wildman–Crippen MR) is 117 cm³/mol. The fourth-order valence-corrected chi connectivity index (χ4v) is 4.09. The minimum Gasteiger partial charge on any atom is -0.321 e. The molecule has 2 aromatic carbocycles. The number of amides is 2. The van der Waals surface area contributed by atoms with Crippen molar-refractivity contribution in [3.05, 3.63) is 80.8 Å². The zero-order valence-electron chi connectivity index (χ0n) is 16.3. The molecule has 148 valence electrons. The predicted octanol–water partition coefficient (Wildman–Crippen LogP) is 3.94. The maximum atomic E-state index is 13.5. The molecule has 2 aromatic rings. The van der Waals surface area contributed by atoms with Crippen LogP contribution in [0.2, 0.25) is 0 Å². The van der Waals surface area contributed by atoms with E-state index >= 15 is 0 Å². The van der Waals surface area contributed by atoms with Gasteiger partial charge in [0.15, 0.2) is 0 Å². The lowest BCUT2D eigenvalue weighted by atomic mass is 10.0. The number of hydrogen-bond acceptors (Lipinski definition) is 3. The van der Waals surface area contributed by atoms with Gasteiger partial charge < -0.3 is 11.1 Å². The summed E-state index contributed by atoms with van der Waals surface area (Å²) in [5.41, 5.74) is 11.0. The molecule has 0 saturated carbocycles. The monoisotopic (exact) mass is 451 g/mol. The largest absolute Gasteiger partial charge is 0.321 e. The number of aryl methyl sites for hydroxylation is 1. The van der Waals surface area contributed by atoms with Gasteiger partial charge in [0.1, 0.15) is 0 Å². The SMILES string of the molecule is CCCC(N)N1C(=O)C2=C(c3ccc(Br)cc3)NC(=O)C2=C1c1ccc(C)cc1. The highest BCUT2D eigenvalue weighted by atomic mass is 79.9. The van der Waals surface area contributed by atoms with Gasteiger partial charge in [-0.1, -0.05) is 71.2 Å². The van der Waals surface area contributed by atoms with E-state index in [2.05, 4.69) is 21.2 Å². The smallest absolute Gasteiger partial charge is 0.262 e. The average Bonchev–Trinajstić information content (AvgIpc) is 3.19. The maximum Gasteiger partial charge on any atom is 0.262 e. The Kier molecular flexibility index (Phi) is 5.15. The van der Waals surface area contributed by atoms with E-state index in [-0.39, 0.29) is 11.8 Å². The van der Waals surface area contributed by atoms with Crippen molar-refractivity contribution >= 4 is 39.1 Å². The number of hydrogen-bond donors (Lipinski definition) is 2. The molecule has 0 fully saturated rings. The van der Waals surface area contributed by atoms with Crippen LogP contribution in [0.3, 0.4) is 0 Å². The van der Waals surface area contributed by atoms with E-state index in [1.54, 1.807) is 4.90 Å². The molecule has 2 heterocycles. The average molecular weight is 452 g/mol. The van der Waals surface area contributed by atoms with E-state index in [0.717, 1.165) is 27.6 Å². The van der Waals surface area contributed by atoms with Gasteiger partial charge in [-0.25, -0.2) is 0 Å². The van der Waals surface area contributed by atoms with Gasteiger partial charge in [0, 0.05) is 4.47 Å². The number of carbonyl (C=O) groups excluding carboxylic acids is 2. The number of nitrogens with zero attached hydrogens (tertiary/aromatic N) is 1. The minimum atomic E-state index is -0.492. The highest BCUT2D eigenvalue weighted by Gasteiger charge is 2.46. The molecule has 3 N–H and O–H groups in total. The van der Waals surface area contributed by atoms with Gasteiger partial charge in [0.05, 0.1) is 28.7 Å². The first kappa shape index (κ1) is 19.6. The summed E-state index contributed by atoms with van der Waals surface area (Å²) < 4.78 is 0.927. The molecule has 0 spiro atoms. The summed E-state index contributed by atoms with van der Waals surface area (Å²) in [4.78, 5) is 28.1. The van der Waals surface area contributed by atoms with E-state index in [9.17, 15) is 9.59 Å². The molecule has 2 aliphatic rings. The van der Waals surface area contributed by atoms with E-state index in [4.69, 9.17) is 5.73 Å². The van der Waals surface area contributed by atoms with E-state index in [1.807, 2.05) is 62.4 Å². The Morgan fingerprint density at radius 3 is 2.24 bits per heavy atom. The summed E-state index contributed by atoms with van der Waals surface area (Å²) in [5.74, 6) is -0.499. The third-order valence-corrected chi connectivity index (χ3v) is 5.78. The van der Waals surface area contributed by atoms with Crippen LogP contribution in [-0.2, 0) is 9.59 Å². The molecule has 6 heteroatoms. The number of carbonyl (C=O) groups is 2. The highest BCUT2D eigenvalue weighted by molar-refractivity contribution is 9.10. The van der Waals surface area contributed by atoms with Gasteiger partial charge >= 0.3 is 0 Å². The van der Waals surface area contributed by atoms with Gasteiger partial charge in [-0.15, -0.1) is 0 Å². The van der Waals surface area contributed by atoms with Gasteiger partial charge in [-0.2, -0.15) is 0 Å². The van der Waals surface area contributed by atoms with E-state index in [0.29, 0.717) is 29.0 Å². The third-order valence-electron chi connectivity index (χ3n) is 5.25. The molecule has 5 nitrogen and oxygen atoms in total. The van der Waals surface area contributed by atoms with Crippen molar-refractivity contribution in [2.24, 2.45) is 5.73 Å². The number of halogens is 1. The van der Waals surface area contributed by atoms with Crippen molar-refractivity contribution < 1.29 is 9.59 Å². The summed E-state index contributed by atoms with van der Waals surface area (Å²) >= 11 is 3.42. The van der Waals surface area contributed by atoms with Crippen LogP contribution in [-0.4, -0.2) is 22.9 Å². The second-order valence-corrected chi connectivity index (χ2v) is 8.25. The first-order valence-corrected chi connectivity index (χ1v) is 10.4. The molecule has 0 aliphatic carbocycles. The van der Waals surface area contributed by atoms with Crippen molar-refractivity contribution in [1.29, 1.82) is 0 Å². The summed E-state index contributed by atoms with van der Waals surface area (Å²) in [6.07, 6.45) is 0.997. The molecule has 0 bridgehead atoms. The highest BCUT2D eigenvalue weighted by Crippen LogP contribution is 2.43. The number of fused-ring (bicyclic) bond motifs is 1. The molecule has 29 heavy (non-hydrogen) atoms. The Bertz CT molecular complexity index is 1050. The summed E-state index contributed by atoms with van der Waals surface area (Å²) in [5, 5.41) is 2.90. The van der Waals surface area contributed by atoms with Crippen LogP contribution in [0.15, 0.2) is 64.1 Å². The topological polar surface area (TPSA) is 75.4 Å². The van der Waals surface area contributed by atoms with E-state index in [1.165, 1.54) is 0 Å². The first-order chi connectivity index (χ1) is 13.9. The standard InChI is InChI=1S/C23H22BrN3O2/c1-3-4-17(25)27-21(15-7-5-13(2)6-8-15)19-18(23(27)29)20(26-22(19)28)14-9-11-16(24)12-10-14/h5-12,17H,3-4,25H2,1-2H3,(H,26,28). The second-order valence-electron chi connectivity index (χ2n) is 7.33. The number of rotatable bonds is 5. The molecular formula is C23H22BrN3O2. The lowest BCUT2D eigenvalue weighted by Crippen LogP contribution is -2.42. The van der Waals surface area contributed by atoms with Gasteiger partial charge in [-0.3, -0.25) is 14.5 Å². The Hall–Kier alpha value is -2.70. The molecule has 2 amide bonds. The number of nitrogens with one attached hydrogen (secondary N) is 1. The molecule has 2 aliphatic heterocycles. The van der Waals surface area contributed by atoms with Crippen molar-refractivity contribution in [2.75, 3.05) is 0 Å². The van der Waals surface area contributed by atoms with Gasteiger partial charge in [0.25, 0.3) is 11.8 Å². The Morgan fingerprint density at radius 2 is 1.62 bits per heavy atom. The van der Waals surface area contributed by atoms with Crippen molar-refractivity contribution in [3.63, 3.8) is 0 Å². The summed E-state index contributed by atoms with van der Waals surface area (Å²) in [7, 11) is 0. The molecule has 0 aromatic heterocycles. The number of benzene rings is 2. The summed E-state index contributed by atoms with van der Waals surface area (Å²) in [6, 6.07) is 15.3. The maximum absolute atomic E-state index is 13.5. The molecule has 1 unspecified atom stereocenters. The van der Waals surface area contributed by atoms with Crippen LogP contribution in [0, 0.1) is 6.92 Å².